The van der Waals surface area contributed by atoms with Crippen molar-refractivity contribution in [2.75, 3.05) is 12.4 Å². The van der Waals surface area contributed by atoms with Gasteiger partial charge in [0.25, 0.3) is 0 Å². The number of carbonyl (C=O) groups is 1. The number of hydrogen-bond acceptors (Lipinski definition) is 6. The highest BCUT2D eigenvalue weighted by Gasteiger charge is 2.26. The molecule has 4 rings (SSSR count). The molecule has 9 heteroatoms. The van der Waals surface area contributed by atoms with E-state index in [9.17, 15) is 4.79 Å². The maximum Gasteiger partial charge on any atom is 0.231 e. The van der Waals surface area contributed by atoms with Crippen LogP contribution in [0.25, 0.3) is 0 Å². The Bertz CT molecular complexity index is 1060. The zero-order chi connectivity index (χ0) is 21.8. The molecule has 1 aliphatic heterocycles. The Morgan fingerprint density at radius 2 is 2.13 bits per heavy atom. The molecule has 1 amide bonds. The second kappa shape index (κ2) is 9.62. The molecule has 1 N–H and O–H groups in total. The zero-order valence-electron chi connectivity index (χ0n) is 17.2. The Morgan fingerprint density at radius 3 is 2.90 bits per heavy atom. The summed E-state index contributed by atoms with van der Waals surface area (Å²) >= 11 is 7.43. The first-order valence-electron chi connectivity index (χ1n) is 10.0. The topological polar surface area (TPSA) is 78.3 Å². The fraction of sp³-hybridized carbons (Fsp3) is 0.318. The SMILES string of the molecule is CCn1c(SCC(=O)NC2COc3ccc(Cl)cc32)nnc1C(C)Oc1ccccc1. The number of amides is 1. The second-order valence-electron chi connectivity index (χ2n) is 7.06. The molecule has 0 spiro atoms. The average Bonchev–Trinajstić information content (AvgIpc) is 3.36. The molecule has 3 aromatic rings. The first kappa shape index (κ1) is 21.5. The lowest BCUT2D eigenvalue weighted by Crippen LogP contribution is -2.30. The summed E-state index contributed by atoms with van der Waals surface area (Å²) in [5.74, 6) is 2.37. The molecular weight excluding hydrogens is 436 g/mol. The number of carbonyl (C=O) groups excluding carboxylic acids is 1. The van der Waals surface area contributed by atoms with Crippen LogP contribution in [-0.2, 0) is 11.3 Å². The van der Waals surface area contributed by atoms with Gasteiger partial charge in [-0.15, -0.1) is 10.2 Å². The van der Waals surface area contributed by atoms with Crippen LogP contribution in [0.4, 0.5) is 0 Å². The second-order valence-corrected chi connectivity index (χ2v) is 8.44. The first-order chi connectivity index (χ1) is 15.0. The van der Waals surface area contributed by atoms with Crippen molar-refractivity contribution >= 4 is 29.3 Å². The normalized spacial score (nSPS) is 15.8. The van der Waals surface area contributed by atoms with Crippen molar-refractivity contribution in [3.05, 3.63) is 64.9 Å². The van der Waals surface area contributed by atoms with E-state index in [1.165, 1.54) is 11.8 Å². The predicted molar refractivity (Wildman–Crippen MR) is 120 cm³/mol. The molecular formula is C22H23ClN4O3S. The molecule has 0 fully saturated rings. The van der Waals surface area contributed by atoms with Crippen molar-refractivity contribution in [3.8, 4) is 11.5 Å². The smallest absolute Gasteiger partial charge is 0.231 e. The molecule has 2 heterocycles. The van der Waals surface area contributed by atoms with Crippen LogP contribution in [0.1, 0.15) is 37.4 Å². The molecule has 2 aromatic carbocycles. The van der Waals surface area contributed by atoms with Crippen molar-refractivity contribution < 1.29 is 14.3 Å². The molecule has 1 aromatic heterocycles. The van der Waals surface area contributed by atoms with Crippen molar-refractivity contribution in [1.29, 1.82) is 0 Å². The van der Waals surface area contributed by atoms with Crippen LogP contribution in [0.15, 0.2) is 53.7 Å². The van der Waals surface area contributed by atoms with E-state index in [2.05, 4.69) is 15.5 Å². The summed E-state index contributed by atoms with van der Waals surface area (Å²) in [7, 11) is 0. The van der Waals surface area contributed by atoms with Crippen LogP contribution < -0.4 is 14.8 Å². The number of aromatic nitrogens is 3. The summed E-state index contributed by atoms with van der Waals surface area (Å²) in [6.07, 6.45) is -0.269. The number of benzene rings is 2. The van der Waals surface area contributed by atoms with Crippen molar-refractivity contribution in [2.24, 2.45) is 0 Å². The minimum Gasteiger partial charge on any atom is -0.491 e. The number of nitrogens with one attached hydrogen (secondary N) is 1. The van der Waals surface area contributed by atoms with Crippen LogP contribution in [-0.4, -0.2) is 33.0 Å². The monoisotopic (exact) mass is 458 g/mol. The molecule has 7 nitrogen and oxygen atoms in total. The maximum atomic E-state index is 12.5. The van der Waals surface area contributed by atoms with Crippen molar-refractivity contribution in [3.63, 3.8) is 0 Å². The molecule has 0 saturated carbocycles. The highest BCUT2D eigenvalue weighted by atomic mass is 35.5. The lowest BCUT2D eigenvalue weighted by atomic mass is 10.1. The predicted octanol–water partition coefficient (Wildman–Crippen LogP) is 4.43. The molecule has 0 radical (unpaired) electrons. The first-order valence-corrected chi connectivity index (χ1v) is 11.4. The van der Waals surface area contributed by atoms with Crippen LogP contribution in [0, 0.1) is 0 Å². The van der Waals surface area contributed by atoms with Gasteiger partial charge in [0.1, 0.15) is 18.1 Å². The van der Waals surface area contributed by atoms with E-state index in [-0.39, 0.29) is 23.8 Å². The molecule has 0 bridgehead atoms. The number of para-hydroxylation sites is 1. The number of hydrogen-bond donors (Lipinski definition) is 1. The fourth-order valence-electron chi connectivity index (χ4n) is 3.43. The fourth-order valence-corrected chi connectivity index (χ4v) is 4.43. The summed E-state index contributed by atoms with van der Waals surface area (Å²) in [6.45, 7) is 5.03. The summed E-state index contributed by atoms with van der Waals surface area (Å²) in [6, 6.07) is 14.8. The molecule has 2 unspecified atom stereocenters. The van der Waals surface area contributed by atoms with Gasteiger partial charge in [-0.05, 0) is 44.2 Å². The minimum atomic E-state index is -0.269. The van der Waals surface area contributed by atoms with Gasteiger partial charge in [0.2, 0.25) is 5.91 Å². The van der Waals surface area contributed by atoms with Crippen molar-refractivity contribution in [1.82, 2.24) is 20.1 Å². The average molecular weight is 459 g/mol. The third-order valence-corrected chi connectivity index (χ3v) is 6.10. The molecule has 0 aliphatic carbocycles. The van der Waals surface area contributed by atoms with E-state index in [1.54, 1.807) is 6.07 Å². The number of halogens is 1. The van der Waals surface area contributed by atoms with E-state index in [0.717, 1.165) is 22.9 Å². The molecule has 31 heavy (non-hydrogen) atoms. The van der Waals surface area contributed by atoms with Crippen LogP contribution in [0.2, 0.25) is 5.02 Å². The Labute approximate surface area is 190 Å². The molecule has 0 saturated heterocycles. The Hall–Kier alpha value is -2.71. The van der Waals surface area contributed by atoms with Gasteiger partial charge in [-0.1, -0.05) is 41.6 Å². The number of ether oxygens (including phenoxy) is 2. The van der Waals surface area contributed by atoms with Crippen LogP contribution >= 0.6 is 23.4 Å². The lowest BCUT2D eigenvalue weighted by Gasteiger charge is -2.15. The zero-order valence-corrected chi connectivity index (χ0v) is 18.8. The quantitative estimate of drug-likeness (QED) is 0.503. The third kappa shape index (κ3) is 4.97. The van der Waals surface area contributed by atoms with E-state index in [1.807, 2.05) is 60.9 Å². The van der Waals surface area contributed by atoms with E-state index in [0.29, 0.717) is 23.3 Å². The number of rotatable bonds is 8. The molecule has 1 aliphatic rings. The summed E-state index contributed by atoms with van der Waals surface area (Å²) in [5, 5.41) is 12.9. The van der Waals surface area contributed by atoms with E-state index >= 15 is 0 Å². The summed E-state index contributed by atoms with van der Waals surface area (Å²) in [4.78, 5) is 12.5. The third-order valence-electron chi connectivity index (χ3n) is 4.90. The lowest BCUT2D eigenvalue weighted by molar-refractivity contribution is -0.119. The van der Waals surface area contributed by atoms with Crippen LogP contribution in [0.5, 0.6) is 11.5 Å². The standard InChI is InChI=1S/C22H23ClN4O3S/c1-3-27-21(14(2)30-16-7-5-4-6-8-16)25-26-22(27)31-13-20(28)24-18-12-29-19-10-9-15(23)11-17(18)19/h4-11,14,18H,3,12-13H2,1-2H3,(H,24,28). The van der Waals surface area contributed by atoms with Gasteiger partial charge in [-0.3, -0.25) is 4.79 Å². The van der Waals surface area contributed by atoms with E-state index < -0.39 is 0 Å². The van der Waals surface area contributed by atoms with E-state index in [4.69, 9.17) is 21.1 Å². The largest absolute Gasteiger partial charge is 0.491 e. The number of thioether (sulfide) groups is 1. The minimum absolute atomic E-state index is 0.104. The highest BCUT2D eigenvalue weighted by Crippen LogP contribution is 2.34. The van der Waals surface area contributed by atoms with Gasteiger partial charge in [-0.2, -0.15) is 0 Å². The van der Waals surface area contributed by atoms with Crippen LogP contribution in [0.3, 0.4) is 0 Å². The summed E-state index contributed by atoms with van der Waals surface area (Å²) in [5.41, 5.74) is 0.900. The van der Waals surface area contributed by atoms with Crippen molar-refractivity contribution in [2.45, 2.75) is 37.7 Å². The Morgan fingerprint density at radius 1 is 1.32 bits per heavy atom. The van der Waals surface area contributed by atoms with Gasteiger partial charge in [-0.25, -0.2) is 0 Å². The van der Waals surface area contributed by atoms with Gasteiger partial charge < -0.3 is 19.4 Å². The molecule has 162 valence electrons. The highest BCUT2D eigenvalue weighted by molar-refractivity contribution is 7.99. The Kier molecular flexibility index (Phi) is 6.67. The number of nitrogens with zero attached hydrogens (tertiary/aromatic N) is 3. The number of fused-ring (bicyclic) bond motifs is 1. The molecule has 2 atom stereocenters. The van der Waals surface area contributed by atoms with Gasteiger partial charge in [0, 0.05) is 17.1 Å². The van der Waals surface area contributed by atoms with Gasteiger partial charge in [0.05, 0.1) is 11.8 Å². The summed E-state index contributed by atoms with van der Waals surface area (Å²) < 4.78 is 13.6. The van der Waals surface area contributed by atoms with Gasteiger partial charge in [0.15, 0.2) is 17.1 Å². The Balaban J connectivity index is 1.37. The van der Waals surface area contributed by atoms with Gasteiger partial charge >= 0.3 is 0 Å². The maximum absolute atomic E-state index is 12.5.